The van der Waals surface area contributed by atoms with Crippen molar-refractivity contribution in [1.29, 1.82) is 0 Å². The van der Waals surface area contributed by atoms with Crippen LogP contribution < -0.4 is 0 Å². The molecule has 2 unspecified atom stereocenters. The van der Waals surface area contributed by atoms with Crippen molar-refractivity contribution in [1.82, 2.24) is 19.9 Å². The van der Waals surface area contributed by atoms with Crippen LogP contribution in [0.1, 0.15) is 36.8 Å². The minimum atomic E-state index is -0.214. The molecule has 5 heteroatoms. The second kappa shape index (κ2) is 5.60. The predicted molar refractivity (Wildman–Crippen MR) is 94.0 cm³/mol. The number of Topliss-reactive ketones (excluding diaryl/α,β-unsaturated/α-hetero) is 1. The van der Waals surface area contributed by atoms with E-state index in [-0.39, 0.29) is 17.6 Å². The van der Waals surface area contributed by atoms with Crippen molar-refractivity contribution in [2.75, 3.05) is 0 Å². The highest BCUT2D eigenvalue weighted by Crippen LogP contribution is 2.28. The normalized spacial score (nSPS) is 14.1. The number of nitrogens with zero attached hydrogens (tertiary/aromatic N) is 2. The van der Waals surface area contributed by atoms with Crippen molar-refractivity contribution in [2.45, 2.75) is 25.7 Å². The summed E-state index contributed by atoms with van der Waals surface area (Å²) in [6.45, 7) is 3.88. The molecule has 0 radical (unpaired) electrons. The van der Waals surface area contributed by atoms with Gasteiger partial charge in [0.25, 0.3) is 0 Å². The van der Waals surface area contributed by atoms with Crippen LogP contribution in [0.25, 0.3) is 22.1 Å². The number of H-pyrrole nitrogens is 2. The van der Waals surface area contributed by atoms with Crippen LogP contribution in [0.2, 0.25) is 0 Å². The highest BCUT2D eigenvalue weighted by molar-refractivity contribution is 5.92. The van der Waals surface area contributed by atoms with Gasteiger partial charge in [0.05, 0.1) is 0 Å². The fraction of sp³-hybridized carbons (Fsp3) is 0.211. The molecule has 24 heavy (non-hydrogen) atoms. The summed E-state index contributed by atoms with van der Waals surface area (Å²) >= 11 is 0. The van der Waals surface area contributed by atoms with E-state index in [1.165, 1.54) is 0 Å². The van der Waals surface area contributed by atoms with Gasteiger partial charge >= 0.3 is 0 Å². The fourth-order valence-corrected chi connectivity index (χ4v) is 3.09. The van der Waals surface area contributed by atoms with Crippen molar-refractivity contribution in [3.63, 3.8) is 0 Å². The summed E-state index contributed by atoms with van der Waals surface area (Å²) in [5, 5.41) is 2.05. The van der Waals surface area contributed by atoms with E-state index < -0.39 is 0 Å². The third-order valence-electron chi connectivity index (χ3n) is 4.70. The Morgan fingerprint density at radius 2 is 1.33 bits per heavy atom. The van der Waals surface area contributed by atoms with Gasteiger partial charge in [0.1, 0.15) is 17.1 Å². The Morgan fingerprint density at radius 1 is 0.875 bits per heavy atom. The lowest BCUT2D eigenvalue weighted by atomic mass is 9.86. The lowest BCUT2D eigenvalue weighted by Gasteiger charge is -2.17. The minimum Gasteiger partial charge on any atom is -0.346 e. The first kappa shape index (κ1) is 14.6. The lowest BCUT2D eigenvalue weighted by Crippen LogP contribution is -2.17. The van der Waals surface area contributed by atoms with Crippen LogP contribution in [0.4, 0.5) is 0 Å². The molecule has 4 aromatic heterocycles. The molecule has 0 fully saturated rings. The number of nitrogens with one attached hydrogen (secondary N) is 2. The monoisotopic (exact) mass is 318 g/mol. The van der Waals surface area contributed by atoms with Crippen LogP contribution in [0, 0.1) is 0 Å². The molecule has 4 aromatic rings. The molecule has 0 aliphatic rings. The maximum Gasteiger partial charge on any atom is 0.147 e. The predicted octanol–water partition coefficient (Wildman–Crippen LogP) is 3.92. The highest BCUT2D eigenvalue weighted by atomic mass is 16.1. The standard InChI is InChI=1S/C19H18N4O/c1-11(15-7-13-3-5-20-18(13)22-9-15)17(24)12(2)16-8-14-4-6-21-19(14)23-10-16/h3-12H,1-2H3,(H,20,22)(H,21,23). The summed E-state index contributed by atoms with van der Waals surface area (Å²) in [6.07, 6.45) is 7.27. The number of fused-ring (bicyclic) bond motifs is 2. The molecule has 0 saturated heterocycles. The molecule has 0 aliphatic heterocycles. The quantitative estimate of drug-likeness (QED) is 0.599. The maximum absolute atomic E-state index is 12.9. The molecular weight excluding hydrogens is 300 g/mol. The fourth-order valence-electron chi connectivity index (χ4n) is 3.09. The third kappa shape index (κ3) is 2.38. The van der Waals surface area contributed by atoms with Gasteiger partial charge in [-0.1, -0.05) is 13.8 Å². The van der Waals surface area contributed by atoms with Crippen LogP contribution in [0.15, 0.2) is 49.1 Å². The summed E-state index contributed by atoms with van der Waals surface area (Å²) < 4.78 is 0. The second-order valence-electron chi connectivity index (χ2n) is 6.21. The van der Waals surface area contributed by atoms with Gasteiger partial charge in [0.2, 0.25) is 0 Å². The second-order valence-corrected chi connectivity index (χ2v) is 6.21. The SMILES string of the molecule is CC(C(=O)C(C)c1cnc2[nH]ccc2c1)c1cnc2[nH]ccc2c1. The Hall–Kier alpha value is -2.95. The zero-order valence-electron chi connectivity index (χ0n) is 13.6. The molecule has 4 rings (SSSR count). The first-order chi connectivity index (χ1) is 11.6. The number of rotatable bonds is 4. The van der Waals surface area contributed by atoms with Crippen molar-refractivity contribution >= 4 is 27.9 Å². The smallest absolute Gasteiger partial charge is 0.147 e. The largest absolute Gasteiger partial charge is 0.346 e. The van der Waals surface area contributed by atoms with Gasteiger partial charge in [-0.3, -0.25) is 4.79 Å². The van der Waals surface area contributed by atoms with Gasteiger partial charge in [0.15, 0.2) is 0 Å². The summed E-state index contributed by atoms with van der Waals surface area (Å²) in [6, 6.07) is 8.00. The molecular formula is C19H18N4O. The lowest BCUT2D eigenvalue weighted by molar-refractivity contribution is -0.121. The van der Waals surface area contributed by atoms with E-state index >= 15 is 0 Å². The number of carbonyl (C=O) groups excluding carboxylic acids is 1. The van der Waals surface area contributed by atoms with Crippen molar-refractivity contribution in [3.8, 4) is 0 Å². The molecule has 0 amide bonds. The Kier molecular flexibility index (Phi) is 3.41. The first-order valence-electron chi connectivity index (χ1n) is 8.03. The first-order valence-corrected chi connectivity index (χ1v) is 8.03. The van der Waals surface area contributed by atoms with E-state index in [9.17, 15) is 4.79 Å². The van der Waals surface area contributed by atoms with Gasteiger partial charge in [-0.2, -0.15) is 0 Å². The average Bonchev–Trinajstić information content (AvgIpc) is 3.26. The Balaban J connectivity index is 1.63. The number of hydrogen-bond donors (Lipinski definition) is 2. The number of carbonyl (C=O) groups is 1. The molecule has 0 saturated carbocycles. The Labute approximate surface area is 139 Å². The van der Waals surface area contributed by atoms with Crippen molar-refractivity contribution in [2.24, 2.45) is 0 Å². The molecule has 0 bridgehead atoms. The van der Waals surface area contributed by atoms with Gasteiger partial charge in [-0.15, -0.1) is 0 Å². The zero-order valence-corrected chi connectivity index (χ0v) is 13.6. The summed E-state index contributed by atoms with van der Waals surface area (Å²) in [5.41, 5.74) is 3.56. The summed E-state index contributed by atoms with van der Waals surface area (Å²) in [4.78, 5) is 27.8. The zero-order chi connectivity index (χ0) is 16.7. The Morgan fingerprint density at radius 3 is 1.79 bits per heavy atom. The van der Waals surface area contributed by atoms with Gasteiger partial charge in [-0.05, 0) is 35.4 Å². The summed E-state index contributed by atoms with van der Waals surface area (Å²) in [7, 11) is 0. The number of hydrogen-bond acceptors (Lipinski definition) is 3. The van der Waals surface area contributed by atoms with Crippen molar-refractivity contribution in [3.05, 3.63) is 60.2 Å². The van der Waals surface area contributed by atoms with E-state index in [1.807, 2.05) is 50.5 Å². The van der Waals surface area contributed by atoms with E-state index in [1.54, 1.807) is 12.4 Å². The maximum atomic E-state index is 12.9. The number of aromatic nitrogens is 4. The molecule has 2 N–H and O–H groups in total. The molecule has 0 spiro atoms. The highest BCUT2D eigenvalue weighted by Gasteiger charge is 2.24. The third-order valence-corrected chi connectivity index (χ3v) is 4.70. The van der Waals surface area contributed by atoms with Crippen LogP contribution in [-0.2, 0) is 4.79 Å². The average molecular weight is 318 g/mol. The molecule has 5 nitrogen and oxygen atoms in total. The van der Waals surface area contributed by atoms with Crippen LogP contribution in [0.5, 0.6) is 0 Å². The van der Waals surface area contributed by atoms with E-state index in [2.05, 4.69) is 19.9 Å². The van der Waals surface area contributed by atoms with E-state index in [4.69, 9.17) is 0 Å². The number of pyridine rings is 2. The van der Waals surface area contributed by atoms with Gasteiger partial charge in [-0.25, -0.2) is 9.97 Å². The van der Waals surface area contributed by atoms with Crippen molar-refractivity contribution < 1.29 is 4.79 Å². The topological polar surface area (TPSA) is 74.4 Å². The molecule has 120 valence electrons. The van der Waals surface area contributed by atoms with E-state index in [0.29, 0.717) is 0 Å². The number of aromatic amines is 2. The molecule has 4 heterocycles. The van der Waals surface area contributed by atoms with Gasteiger partial charge in [0, 0.05) is 47.4 Å². The Bertz CT molecular complexity index is 948. The van der Waals surface area contributed by atoms with Gasteiger partial charge < -0.3 is 9.97 Å². The minimum absolute atomic E-state index is 0.170. The molecule has 0 aliphatic carbocycles. The van der Waals surface area contributed by atoms with Crippen LogP contribution >= 0.6 is 0 Å². The number of ketones is 1. The van der Waals surface area contributed by atoms with E-state index in [0.717, 1.165) is 33.2 Å². The summed E-state index contributed by atoms with van der Waals surface area (Å²) in [5.74, 6) is -0.259. The van der Waals surface area contributed by atoms with Crippen LogP contribution in [-0.4, -0.2) is 25.7 Å². The molecule has 0 aromatic carbocycles. The molecule has 2 atom stereocenters. The van der Waals surface area contributed by atoms with Crippen LogP contribution in [0.3, 0.4) is 0 Å².